The first-order chi connectivity index (χ1) is 13.7. The molecule has 2 aromatic rings. The number of hydrogen-bond acceptors (Lipinski definition) is 3. The summed E-state index contributed by atoms with van der Waals surface area (Å²) >= 11 is 4.86. The Morgan fingerprint density at radius 3 is 2.52 bits per heavy atom. The van der Waals surface area contributed by atoms with E-state index in [2.05, 4.69) is 28.1 Å². The quantitative estimate of drug-likeness (QED) is 0.255. The lowest BCUT2D eigenvalue weighted by atomic mass is 10.1. The second-order valence-corrected chi connectivity index (χ2v) is 10.6. The third-order valence-corrected chi connectivity index (χ3v) is 7.84. The number of hydrogen-bond donors (Lipinski definition) is 1. The van der Waals surface area contributed by atoms with Crippen LogP contribution in [0.1, 0.15) is 43.4 Å². The molecule has 0 bridgehead atoms. The van der Waals surface area contributed by atoms with E-state index in [1.54, 1.807) is 30.8 Å². The van der Waals surface area contributed by atoms with Crippen LogP contribution in [0.5, 0.6) is 0 Å². The molecule has 0 aliphatic heterocycles. The highest BCUT2D eigenvalue weighted by molar-refractivity contribution is 9.10. The number of alkyl halides is 2. The Morgan fingerprint density at radius 2 is 1.90 bits per heavy atom. The van der Waals surface area contributed by atoms with Gasteiger partial charge in [0.05, 0.1) is 6.10 Å². The van der Waals surface area contributed by atoms with Crippen molar-refractivity contribution in [1.29, 1.82) is 0 Å². The second-order valence-electron chi connectivity index (χ2n) is 6.84. The SMILES string of the molecule is CCC(C)OP(=O)(O)C(F)(F)c1ccc(CSCCCc2ccccc2)cc1Br. The van der Waals surface area contributed by atoms with Gasteiger partial charge >= 0.3 is 13.3 Å². The number of thioether (sulfide) groups is 1. The molecule has 2 aromatic carbocycles. The van der Waals surface area contributed by atoms with Crippen molar-refractivity contribution in [3.8, 4) is 0 Å². The first-order valence-electron chi connectivity index (χ1n) is 9.47. The van der Waals surface area contributed by atoms with E-state index in [1.807, 2.05) is 18.2 Å². The molecule has 0 saturated carbocycles. The van der Waals surface area contributed by atoms with E-state index in [1.165, 1.54) is 18.6 Å². The molecule has 0 aliphatic rings. The van der Waals surface area contributed by atoms with Gasteiger partial charge in [0, 0.05) is 15.8 Å². The summed E-state index contributed by atoms with van der Waals surface area (Å²) in [7, 11) is -5.16. The number of halogens is 3. The van der Waals surface area contributed by atoms with Crippen LogP contribution in [-0.4, -0.2) is 16.8 Å². The van der Waals surface area contributed by atoms with Gasteiger partial charge in [-0.15, -0.1) is 0 Å². The maximum Gasteiger partial charge on any atom is 0.402 e. The fourth-order valence-corrected chi connectivity index (χ4v) is 5.65. The third kappa shape index (κ3) is 6.90. The van der Waals surface area contributed by atoms with E-state index in [4.69, 9.17) is 4.52 Å². The Labute approximate surface area is 183 Å². The van der Waals surface area contributed by atoms with Gasteiger partial charge in [0.2, 0.25) is 0 Å². The maximum atomic E-state index is 14.7. The molecule has 0 radical (unpaired) electrons. The highest BCUT2D eigenvalue weighted by Gasteiger charge is 2.54. The van der Waals surface area contributed by atoms with Crippen molar-refractivity contribution >= 4 is 35.3 Å². The van der Waals surface area contributed by atoms with Crippen molar-refractivity contribution in [1.82, 2.24) is 0 Å². The van der Waals surface area contributed by atoms with E-state index in [9.17, 15) is 18.2 Å². The summed E-state index contributed by atoms with van der Waals surface area (Å²) in [6.07, 6.45) is 1.67. The van der Waals surface area contributed by atoms with Gasteiger partial charge in [-0.05, 0) is 49.1 Å². The summed E-state index contributed by atoms with van der Waals surface area (Å²) in [6.45, 7) is 3.19. The minimum absolute atomic E-state index is 0.104. The van der Waals surface area contributed by atoms with Crippen LogP contribution < -0.4 is 0 Å². The lowest BCUT2D eigenvalue weighted by molar-refractivity contribution is 0.0341. The molecule has 0 fully saturated rings. The molecule has 3 nitrogen and oxygen atoms in total. The van der Waals surface area contributed by atoms with Gasteiger partial charge < -0.3 is 9.42 Å². The van der Waals surface area contributed by atoms with Crippen LogP contribution in [0.3, 0.4) is 0 Å². The van der Waals surface area contributed by atoms with E-state index in [0.29, 0.717) is 12.2 Å². The van der Waals surface area contributed by atoms with E-state index >= 15 is 0 Å². The van der Waals surface area contributed by atoms with Gasteiger partial charge in [0.1, 0.15) is 0 Å². The van der Waals surface area contributed by atoms with Crippen LogP contribution in [-0.2, 0) is 26.9 Å². The normalized spacial score (nSPS) is 15.1. The zero-order valence-corrected chi connectivity index (χ0v) is 19.8. The molecule has 0 aromatic heterocycles. The molecular weight excluding hydrogens is 481 g/mol. The molecule has 0 aliphatic carbocycles. The van der Waals surface area contributed by atoms with Crippen molar-refractivity contribution in [2.45, 2.75) is 50.6 Å². The number of benzene rings is 2. The van der Waals surface area contributed by atoms with Crippen LogP contribution in [0, 0.1) is 0 Å². The summed E-state index contributed by atoms with van der Waals surface area (Å²) in [4.78, 5) is 9.84. The van der Waals surface area contributed by atoms with Crippen LogP contribution in [0.25, 0.3) is 0 Å². The van der Waals surface area contributed by atoms with Crippen LogP contribution in [0.2, 0.25) is 0 Å². The highest BCUT2D eigenvalue weighted by atomic mass is 79.9. The van der Waals surface area contributed by atoms with Gasteiger partial charge in [-0.2, -0.15) is 20.5 Å². The summed E-state index contributed by atoms with van der Waals surface area (Å²) in [6, 6.07) is 14.6. The lowest BCUT2D eigenvalue weighted by Crippen LogP contribution is -2.19. The molecule has 0 spiro atoms. The molecular formula is C21H26BrF2O3PS. The van der Waals surface area contributed by atoms with E-state index in [-0.39, 0.29) is 4.47 Å². The minimum Gasteiger partial charge on any atom is -0.320 e. The van der Waals surface area contributed by atoms with Crippen molar-refractivity contribution in [3.63, 3.8) is 0 Å². The topological polar surface area (TPSA) is 46.5 Å². The largest absolute Gasteiger partial charge is 0.402 e. The Kier molecular flexibility index (Phi) is 9.36. The smallest absolute Gasteiger partial charge is 0.320 e. The maximum absolute atomic E-state index is 14.7. The predicted octanol–water partition coefficient (Wildman–Crippen LogP) is 7.36. The van der Waals surface area contributed by atoms with Gasteiger partial charge in [0.15, 0.2) is 0 Å². The molecule has 2 rings (SSSR count). The van der Waals surface area contributed by atoms with Gasteiger partial charge in [-0.3, -0.25) is 4.57 Å². The fourth-order valence-electron chi connectivity index (χ4n) is 2.64. The Morgan fingerprint density at radius 1 is 1.21 bits per heavy atom. The summed E-state index contributed by atoms with van der Waals surface area (Å²) in [5, 5.41) is 0. The number of rotatable bonds is 11. The average Bonchev–Trinajstić information content (AvgIpc) is 2.67. The Hall–Kier alpha value is -0.720. The monoisotopic (exact) mass is 506 g/mol. The molecule has 160 valence electrons. The molecule has 0 saturated heterocycles. The fraction of sp³-hybridized carbons (Fsp3) is 0.429. The average molecular weight is 507 g/mol. The van der Waals surface area contributed by atoms with Crippen molar-refractivity contribution < 1.29 is 22.8 Å². The van der Waals surface area contributed by atoms with Gasteiger partial charge in [-0.1, -0.05) is 65.3 Å². The lowest BCUT2D eigenvalue weighted by Gasteiger charge is -2.25. The van der Waals surface area contributed by atoms with Gasteiger partial charge in [0.25, 0.3) is 0 Å². The molecule has 0 amide bonds. The standard InChI is InChI=1S/C21H26BrF2O3PS/c1-3-16(2)27-28(25,26)21(23,24)19-12-11-18(14-20(19)22)15-29-13-7-10-17-8-5-4-6-9-17/h4-6,8-9,11-12,14,16H,3,7,10,13,15H2,1-2H3,(H,25,26). The summed E-state index contributed by atoms with van der Waals surface area (Å²) in [5.74, 6) is 1.64. The van der Waals surface area contributed by atoms with Crippen molar-refractivity contribution in [3.05, 3.63) is 69.7 Å². The predicted molar refractivity (Wildman–Crippen MR) is 120 cm³/mol. The number of aryl methyl sites for hydroxylation is 1. The molecule has 2 atom stereocenters. The van der Waals surface area contributed by atoms with Crippen molar-refractivity contribution in [2.75, 3.05) is 5.75 Å². The summed E-state index contributed by atoms with van der Waals surface area (Å²) in [5.41, 5.74) is -2.35. The Balaban J connectivity index is 1.94. The van der Waals surface area contributed by atoms with Crippen LogP contribution in [0.4, 0.5) is 8.78 Å². The molecule has 0 heterocycles. The first-order valence-corrected chi connectivity index (χ1v) is 13.0. The zero-order chi connectivity index (χ0) is 21.5. The van der Waals surface area contributed by atoms with Crippen molar-refractivity contribution in [2.24, 2.45) is 0 Å². The second kappa shape index (κ2) is 11.1. The molecule has 29 heavy (non-hydrogen) atoms. The molecule has 1 N–H and O–H groups in total. The van der Waals surface area contributed by atoms with Crippen LogP contribution in [0.15, 0.2) is 53.0 Å². The highest BCUT2D eigenvalue weighted by Crippen LogP contribution is 2.64. The molecule has 8 heteroatoms. The zero-order valence-electron chi connectivity index (χ0n) is 16.5. The van der Waals surface area contributed by atoms with Gasteiger partial charge in [-0.25, -0.2) is 0 Å². The third-order valence-electron chi connectivity index (χ3n) is 4.48. The van der Waals surface area contributed by atoms with E-state index < -0.39 is 24.9 Å². The minimum atomic E-state index is -5.16. The molecule has 2 unspecified atom stereocenters. The van der Waals surface area contributed by atoms with Crippen LogP contribution >= 0.6 is 35.3 Å². The van der Waals surface area contributed by atoms with E-state index in [0.717, 1.165) is 24.2 Å². The Bertz CT molecular complexity index is 836. The summed E-state index contributed by atoms with van der Waals surface area (Å²) < 4.78 is 46.3. The first kappa shape index (κ1) is 24.5.